The summed E-state index contributed by atoms with van der Waals surface area (Å²) in [6.45, 7) is 3.65. The zero-order chi connectivity index (χ0) is 13.9. The van der Waals surface area contributed by atoms with Crippen molar-refractivity contribution in [3.05, 3.63) is 23.5 Å². The van der Waals surface area contributed by atoms with E-state index in [0.29, 0.717) is 29.1 Å². The highest BCUT2D eigenvalue weighted by Crippen LogP contribution is 2.27. The molecule has 9 heteroatoms. The minimum Gasteiger partial charge on any atom is -0.345 e. The van der Waals surface area contributed by atoms with Gasteiger partial charge in [-0.25, -0.2) is 18.1 Å². The van der Waals surface area contributed by atoms with E-state index in [9.17, 15) is 8.42 Å². The zero-order valence-corrected chi connectivity index (χ0v) is 13.2. The van der Waals surface area contributed by atoms with Crippen LogP contribution in [0.2, 0.25) is 5.02 Å². The van der Waals surface area contributed by atoms with E-state index >= 15 is 0 Å². The lowest BCUT2D eigenvalue weighted by Crippen LogP contribution is -2.31. The van der Waals surface area contributed by atoms with Gasteiger partial charge in [0.05, 0.1) is 10.4 Å². The van der Waals surface area contributed by atoms with Crippen molar-refractivity contribution in [1.29, 1.82) is 0 Å². The van der Waals surface area contributed by atoms with Gasteiger partial charge in [-0.15, -0.1) is 12.4 Å². The van der Waals surface area contributed by atoms with Gasteiger partial charge in [0.2, 0.25) is 10.0 Å². The summed E-state index contributed by atoms with van der Waals surface area (Å²) >= 11 is 6.03. The van der Waals surface area contributed by atoms with Crippen molar-refractivity contribution in [3.63, 3.8) is 0 Å². The van der Waals surface area contributed by atoms with E-state index in [-0.39, 0.29) is 17.3 Å². The Morgan fingerprint density at radius 3 is 2.85 bits per heavy atom. The van der Waals surface area contributed by atoms with E-state index in [1.54, 1.807) is 6.07 Å². The maximum absolute atomic E-state index is 12.2. The third-order valence-electron chi connectivity index (χ3n) is 2.62. The first-order chi connectivity index (χ1) is 9.06. The van der Waals surface area contributed by atoms with E-state index < -0.39 is 10.0 Å². The summed E-state index contributed by atoms with van der Waals surface area (Å²) in [5.74, 6) is 0. The molecule has 2 aromatic heterocycles. The van der Waals surface area contributed by atoms with Crippen molar-refractivity contribution in [2.24, 2.45) is 0 Å². The molecule has 0 amide bonds. The smallest absolute Gasteiger partial charge is 0.242 e. The molecule has 20 heavy (non-hydrogen) atoms. The maximum Gasteiger partial charge on any atom is 0.242 e. The van der Waals surface area contributed by atoms with Crippen LogP contribution in [0.3, 0.4) is 0 Å². The Balaban J connectivity index is 0.00000200. The molecule has 0 saturated carbocycles. The fourth-order valence-electron chi connectivity index (χ4n) is 1.73. The summed E-state index contributed by atoms with van der Waals surface area (Å²) in [5, 5.41) is 3.82. The van der Waals surface area contributed by atoms with Gasteiger partial charge < -0.3 is 10.3 Å². The van der Waals surface area contributed by atoms with Gasteiger partial charge in [0.1, 0.15) is 10.5 Å². The van der Waals surface area contributed by atoms with Crippen LogP contribution >= 0.6 is 24.0 Å². The number of halogens is 2. The largest absolute Gasteiger partial charge is 0.345 e. The first-order valence-corrected chi connectivity index (χ1v) is 7.74. The number of hydrogen-bond acceptors (Lipinski definition) is 4. The Morgan fingerprint density at radius 2 is 2.15 bits per heavy atom. The molecule has 112 valence electrons. The van der Waals surface area contributed by atoms with Crippen molar-refractivity contribution in [3.8, 4) is 0 Å². The van der Waals surface area contributed by atoms with Crippen LogP contribution in [0, 0.1) is 0 Å². The van der Waals surface area contributed by atoms with Crippen LogP contribution in [0.5, 0.6) is 0 Å². The quantitative estimate of drug-likeness (QED) is 0.697. The predicted molar refractivity (Wildman–Crippen MR) is 82.1 cm³/mol. The zero-order valence-electron chi connectivity index (χ0n) is 10.8. The number of aromatic amines is 1. The topological polar surface area (TPSA) is 86.9 Å². The number of pyridine rings is 1. The van der Waals surface area contributed by atoms with Gasteiger partial charge in [-0.3, -0.25) is 0 Å². The first-order valence-electron chi connectivity index (χ1n) is 5.88. The van der Waals surface area contributed by atoms with Gasteiger partial charge in [0, 0.05) is 25.5 Å². The molecule has 2 aromatic rings. The van der Waals surface area contributed by atoms with Gasteiger partial charge in [-0.05, 0) is 12.6 Å². The average molecular weight is 339 g/mol. The van der Waals surface area contributed by atoms with Gasteiger partial charge in [0.25, 0.3) is 0 Å². The van der Waals surface area contributed by atoms with Gasteiger partial charge in [-0.1, -0.05) is 18.5 Å². The Kier molecular flexibility index (Phi) is 6.22. The summed E-state index contributed by atoms with van der Waals surface area (Å²) in [6.07, 6.45) is 2.93. The highest BCUT2D eigenvalue weighted by molar-refractivity contribution is 7.89. The SMILES string of the molecule is CCNCCNS(=O)(=O)c1c[nH]c2nccc(Cl)c12.Cl. The van der Waals surface area contributed by atoms with Crippen LogP contribution in [0.1, 0.15) is 6.92 Å². The molecular formula is C11H16Cl2N4O2S. The molecule has 3 N–H and O–H groups in total. The third-order valence-corrected chi connectivity index (χ3v) is 4.42. The van der Waals surface area contributed by atoms with Gasteiger partial charge >= 0.3 is 0 Å². The van der Waals surface area contributed by atoms with Crippen LogP contribution < -0.4 is 10.0 Å². The van der Waals surface area contributed by atoms with Crippen LogP contribution in [0.25, 0.3) is 11.0 Å². The van der Waals surface area contributed by atoms with Crippen LogP contribution in [-0.2, 0) is 10.0 Å². The summed E-state index contributed by atoms with van der Waals surface area (Å²) < 4.78 is 26.9. The number of H-pyrrole nitrogens is 1. The lowest BCUT2D eigenvalue weighted by Gasteiger charge is -2.06. The molecule has 6 nitrogen and oxygen atoms in total. The Bertz CT molecular complexity index is 672. The molecular weight excluding hydrogens is 323 g/mol. The number of nitrogens with zero attached hydrogens (tertiary/aromatic N) is 1. The highest BCUT2D eigenvalue weighted by Gasteiger charge is 2.20. The normalized spacial score (nSPS) is 11.5. The van der Waals surface area contributed by atoms with Gasteiger partial charge in [0.15, 0.2) is 0 Å². The van der Waals surface area contributed by atoms with Crippen molar-refractivity contribution < 1.29 is 8.42 Å². The molecule has 0 fully saturated rings. The van der Waals surface area contributed by atoms with Crippen LogP contribution in [-0.4, -0.2) is 38.0 Å². The molecule has 0 aliphatic rings. The van der Waals surface area contributed by atoms with E-state index in [2.05, 4.69) is 20.0 Å². The Hall–Kier alpha value is -0.860. The second-order valence-electron chi connectivity index (χ2n) is 3.92. The van der Waals surface area contributed by atoms with Crippen molar-refractivity contribution in [2.75, 3.05) is 19.6 Å². The minimum absolute atomic E-state index is 0. The van der Waals surface area contributed by atoms with Crippen molar-refractivity contribution in [1.82, 2.24) is 20.0 Å². The summed E-state index contributed by atoms with van der Waals surface area (Å²) in [6, 6.07) is 1.56. The van der Waals surface area contributed by atoms with Crippen LogP contribution in [0.15, 0.2) is 23.4 Å². The molecule has 0 spiro atoms. The minimum atomic E-state index is -3.59. The van der Waals surface area contributed by atoms with Crippen molar-refractivity contribution >= 4 is 45.1 Å². The predicted octanol–water partition coefficient (Wildman–Crippen LogP) is 1.53. The third kappa shape index (κ3) is 3.62. The standard InChI is InChI=1S/C11H15ClN4O2S.ClH/c1-2-13-5-6-16-19(17,18)9-7-15-11-10(9)8(12)3-4-14-11;/h3-4,7,13,16H,2,5-6H2,1H3,(H,14,15);1H. The van der Waals surface area contributed by atoms with Crippen molar-refractivity contribution in [2.45, 2.75) is 11.8 Å². The number of fused-ring (bicyclic) bond motifs is 1. The molecule has 0 bridgehead atoms. The molecule has 2 heterocycles. The van der Waals surface area contributed by atoms with E-state index in [0.717, 1.165) is 6.54 Å². The fraction of sp³-hybridized carbons (Fsp3) is 0.364. The molecule has 0 aromatic carbocycles. The van der Waals surface area contributed by atoms with Crippen LogP contribution in [0.4, 0.5) is 0 Å². The second kappa shape index (κ2) is 7.24. The summed E-state index contributed by atoms with van der Waals surface area (Å²) in [5.41, 5.74) is 0.458. The maximum atomic E-state index is 12.2. The first kappa shape index (κ1) is 17.2. The fourth-order valence-corrected chi connectivity index (χ4v) is 3.25. The molecule has 0 aliphatic heterocycles. The number of nitrogens with one attached hydrogen (secondary N) is 3. The molecule has 0 radical (unpaired) electrons. The number of hydrogen-bond donors (Lipinski definition) is 3. The molecule has 0 aliphatic carbocycles. The van der Waals surface area contributed by atoms with Gasteiger partial charge in [-0.2, -0.15) is 0 Å². The monoisotopic (exact) mass is 338 g/mol. The average Bonchev–Trinajstić information content (AvgIpc) is 2.81. The number of sulfonamides is 1. The number of aromatic nitrogens is 2. The number of likely N-dealkylation sites (N-methyl/N-ethyl adjacent to an activating group) is 1. The summed E-state index contributed by atoms with van der Waals surface area (Å²) in [7, 11) is -3.59. The summed E-state index contributed by atoms with van der Waals surface area (Å²) in [4.78, 5) is 6.97. The Morgan fingerprint density at radius 1 is 1.40 bits per heavy atom. The Labute approximate surface area is 128 Å². The van der Waals surface area contributed by atoms with E-state index in [1.165, 1.54) is 12.4 Å². The molecule has 0 unspecified atom stereocenters. The van der Waals surface area contributed by atoms with E-state index in [4.69, 9.17) is 11.6 Å². The lowest BCUT2D eigenvalue weighted by molar-refractivity contribution is 0.578. The molecule has 0 saturated heterocycles. The lowest BCUT2D eigenvalue weighted by atomic mass is 10.3. The highest BCUT2D eigenvalue weighted by atomic mass is 35.5. The molecule has 2 rings (SSSR count). The van der Waals surface area contributed by atoms with E-state index in [1.807, 2.05) is 6.92 Å². The molecule has 0 atom stereocenters. The second-order valence-corrected chi connectivity index (χ2v) is 6.06. The number of rotatable bonds is 6.